The first kappa shape index (κ1) is 14.6. The van der Waals surface area contributed by atoms with Crippen molar-refractivity contribution in [2.45, 2.75) is 33.4 Å². The maximum atomic E-state index is 5.18. The Hall–Kier alpha value is -1.80. The Bertz CT molecular complexity index is 577. The van der Waals surface area contributed by atoms with E-state index in [2.05, 4.69) is 68.6 Å². The van der Waals surface area contributed by atoms with Crippen LogP contribution in [-0.2, 0) is 11.3 Å². The lowest BCUT2D eigenvalue weighted by Gasteiger charge is -2.19. The van der Waals surface area contributed by atoms with E-state index >= 15 is 0 Å². The maximum Gasteiger partial charge on any atom is 0.0713 e. The highest BCUT2D eigenvalue weighted by Gasteiger charge is 2.08. The summed E-state index contributed by atoms with van der Waals surface area (Å²) in [6, 6.07) is 15.3. The highest BCUT2D eigenvalue weighted by Crippen LogP contribution is 2.23. The molecular formula is C18H23NO. The van der Waals surface area contributed by atoms with E-state index in [1.165, 1.54) is 22.3 Å². The number of hydrogen-bond donors (Lipinski definition) is 1. The van der Waals surface area contributed by atoms with Gasteiger partial charge < -0.3 is 10.1 Å². The van der Waals surface area contributed by atoms with Crippen molar-refractivity contribution in [3.63, 3.8) is 0 Å². The molecule has 0 saturated heterocycles. The molecule has 0 spiro atoms. The smallest absolute Gasteiger partial charge is 0.0713 e. The van der Waals surface area contributed by atoms with Gasteiger partial charge in [-0.2, -0.15) is 0 Å². The Morgan fingerprint density at radius 1 is 1.10 bits per heavy atom. The summed E-state index contributed by atoms with van der Waals surface area (Å²) >= 11 is 0. The molecule has 0 radical (unpaired) electrons. The minimum Gasteiger partial charge on any atom is -0.380 e. The number of rotatable bonds is 5. The van der Waals surface area contributed by atoms with Crippen LogP contribution in [0.15, 0.2) is 42.5 Å². The van der Waals surface area contributed by atoms with Crippen LogP contribution in [-0.4, -0.2) is 7.11 Å². The summed E-state index contributed by atoms with van der Waals surface area (Å²) in [7, 11) is 1.72. The van der Waals surface area contributed by atoms with Gasteiger partial charge in [-0.05, 0) is 49.6 Å². The first-order chi connectivity index (χ1) is 9.60. The third-order valence-corrected chi connectivity index (χ3v) is 3.51. The van der Waals surface area contributed by atoms with Gasteiger partial charge in [-0.1, -0.05) is 35.9 Å². The van der Waals surface area contributed by atoms with Crippen LogP contribution in [0.3, 0.4) is 0 Å². The fourth-order valence-electron chi connectivity index (χ4n) is 2.56. The molecule has 0 bridgehead atoms. The highest BCUT2D eigenvalue weighted by molar-refractivity contribution is 5.48. The molecule has 1 N–H and O–H groups in total. The van der Waals surface area contributed by atoms with Crippen molar-refractivity contribution in [2.75, 3.05) is 12.4 Å². The third kappa shape index (κ3) is 3.61. The lowest BCUT2D eigenvalue weighted by atomic mass is 10.00. The number of ether oxygens (including phenoxy) is 1. The lowest BCUT2D eigenvalue weighted by Crippen LogP contribution is -2.08. The van der Waals surface area contributed by atoms with Gasteiger partial charge in [0.25, 0.3) is 0 Å². The van der Waals surface area contributed by atoms with Crippen LogP contribution in [0.25, 0.3) is 0 Å². The predicted octanol–water partition coefficient (Wildman–Crippen LogP) is 4.62. The third-order valence-electron chi connectivity index (χ3n) is 3.51. The number of hydrogen-bond acceptors (Lipinski definition) is 2. The average molecular weight is 269 g/mol. The monoisotopic (exact) mass is 269 g/mol. The topological polar surface area (TPSA) is 21.3 Å². The van der Waals surface area contributed by atoms with E-state index in [0.717, 1.165) is 5.69 Å². The molecular weight excluding hydrogens is 246 g/mol. The van der Waals surface area contributed by atoms with Crippen LogP contribution < -0.4 is 5.32 Å². The molecule has 0 aromatic heterocycles. The number of benzene rings is 2. The number of anilines is 1. The number of methoxy groups -OCH3 is 1. The van der Waals surface area contributed by atoms with Crippen molar-refractivity contribution in [2.24, 2.45) is 0 Å². The van der Waals surface area contributed by atoms with E-state index in [1.54, 1.807) is 7.11 Å². The van der Waals surface area contributed by atoms with Crippen molar-refractivity contribution < 1.29 is 4.74 Å². The zero-order chi connectivity index (χ0) is 14.5. The molecule has 0 amide bonds. The molecule has 106 valence electrons. The summed E-state index contributed by atoms with van der Waals surface area (Å²) in [6.45, 7) is 7.14. The van der Waals surface area contributed by atoms with Crippen molar-refractivity contribution in [1.82, 2.24) is 0 Å². The molecule has 2 rings (SSSR count). The van der Waals surface area contributed by atoms with Gasteiger partial charge in [0.05, 0.1) is 6.61 Å². The van der Waals surface area contributed by atoms with Crippen LogP contribution in [0.2, 0.25) is 0 Å². The lowest BCUT2D eigenvalue weighted by molar-refractivity contribution is 0.185. The average Bonchev–Trinajstić information content (AvgIpc) is 2.39. The Labute approximate surface area is 121 Å². The molecule has 0 aliphatic carbocycles. The van der Waals surface area contributed by atoms with Crippen molar-refractivity contribution in [1.29, 1.82) is 0 Å². The minimum atomic E-state index is 0.286. The predicted molar refractivity (Wildman–Crippen MR) is 85.1 cm³/mol. The largest absolute Gasteiger partial charge is 0.380 e. The summed E-state index contributed by atoms with van der Waals surface area (Å²) in [5, 5.41) is 3.56. The second-order valence-electron chi connectivity index (χ2n) is 5.36. The van der Waals surface area contributed by atoms with Gasteiger partial charge in [-0.3, -0.25) is 0 Å². The van der Waals surface area contributed by atoms with Crippen molar-refractivity contribution in [3.05, 3.63) is 64.7 Å². The molecule has 0 fully saturated rings. The Morgan fingerprint density at radius 2 is 1.90 bits per heavy atom. The van der Waals surface area contributed by atoms with E-state index in [4.69, 9.17) is 4.74 Å². The minimum absolute atomic E-state index is 0.286. The van der Waals surface area contributed by atoms with Crippen LogP contribution >= 0.6 is 0 Å². The van der Waals surface area contributed by atoms with Gasteiger partial charge in [0, 0.05) is 18.8 Å². The van der Waals surface area contributed by atoms with Gasteiger partial charge in [0.15, 0.2) is 0 Å². The highest BCUT2D eigenvalue weighted by atomic mass is 16.5. The summed E-state index contributed by atoms with van der Waals surface area (Å²) < 4.78 is 5.18. The molecule has 0 aliphatic heterocycles. The quantitative estimate of drug-likeness (QED) is 0.855. The van der Waals surface area contributed by atoms with E-state index in [1.807, 2.05) is 0 Å². The van der Waals surface area contributed by atoms with Gasteiger partial charge in [0.1, 0.15) is 0 Å². The van der Waals surface area contributed by atoms with E-state index in [9.17, 15) is 0 Å². The summed E-state index contributed by atoms with van der Waals surface area (Å²) in [5.74, 6) is 0. The fraction of sp³-hybridized carbons (Fsp3) is 0.333. The van der Waals surface area contributed by atoms with Gasteiger partial charge in [-0.25, -0.2) is 0 Å². The second-order valence-corrected chi connectivity index (χ2v) is 5.36. The standard InChI is InChI=1S/C18H23NO/c1-13-8-9-18(14(2)10-13)15(3)19-17-7-5-6-16(11-17)12-20-4/h5-11,15,19H,12H2,1-4H3. The molecule has 0 heterocycles. The first-order valence-electron chi connectivity index (χ1n) is 7.01. The van der Waals surface area contributed by atoms with E-state index in [0.29, 0.717) is 6.61 Å². The summed E-state index contributed by atoms with van der Waals surface area (Å²) in [6.07, 6.45) is 0. The molecule has 20 heavy (non-hydrogen) atoms. The van der Waals surface area contributed by atoms with Gasteiger partial charge >= 0.3 is 0 Å². The zero-order valence-corrected chi connectivity index (χ0v) is 12.7. The summed E-state index contributed by atoms with van der Waals surface area (Å²) in [5.41, 5.74) is 6.30. The molecule has 2 nitrogen and oxygen atoms in total. The Morgan fingerprint density at radius 3 is 2.60 bits per heavy atom. The van der Waals surface area contributed by atoms with Crippen LogP contribution in [0.5, 0.6) is 0 Å². The zero-order valence-electron chi connectivity index (χ0n) is 12.7. The SMILES string of the molecule is COCc1cccc(NC(C)c2ccc(C)cc2C)c1. The van der Waals surface area contributed by atoms with Gasteiger partial charge in [0.2, 0.25) is 0 Å². The second kappa shape index (κ2) is 6.58. The number of nitrogens with one attached hydrogen (secondary N) is 1. The van der Waals surface area contributed by atoms with Crippen molar-refractivity contribution in [3.8, 4) is 0 Å². The van der Waals surface area contributed by atoms with Crippen LogP contribution in [0.1, 0.15) is 35.2 Å². The van der Waals surface area contributed by atoms with E-state index < -0.39 is 0 Å². The molecule has 1 atom stereocenters. The van der Waals surface area contributed by atoms with Gasteiger partial charge in [-0.15, -0.1) is 0 Å². The molecule has 1 unspecified atom stereocenters. The Balaban J connectivity index is 2.14. The molecule has 2 aromatic rings. The number of aryl methyl sites for hydroxylation is 2. The van der Waals surface area contributed by atoms with E-state index in [-0.39, 0.29) is 6.04 Å². The van der Waals surface area contributed by atoms with Crippen LogP contribution in [0.4, 0.5) is 5.69 Å². The molecule has 2 heteroatoms. The van der Waals surface area contributed by atoms with Crippen LogP contribution in [0, 0.1) is 13.8 Å². The maximum absolute atomic E-state index is 5.18. The molecule has 2 aromatic carbocycles. The first-order valence-corrected chi connectivity index (χ1v) is 7.01. The normalized spacial score (nSPS) is 12.2. The van der Waals surface area contributed by atoms with Crippen molar-refractivity contribution >= 4 is 5.69 Å². The molecule has 0 saturated carbocycles. The fourth-order valence-corrected chi connectivity index (χ4v) is 2.56. The summed E-state index contributed by atoms with van der Waals surface area (Å²) in [4.78, 5) is 0. The Kier molecular flexibility index (Phi) is 4.80. The molecule has 0 aliphatic rings.